The Morgan fingerprint density at radius 3 is 1.02 bits per heavy atom. The molecule has 2 rings (SSSR count). The van der Waals surface area contributed by atoms with E-state index in [4.69, 9.17) is 18.9 Å². The summed E-state index contributed by atoms with van der Waals surface area (Å²) in [6.45, 7) is 2.84. The number of amides is 1. The molecule has 2 saturated heterocycles. The number of rotatable bonds is 70. The lowest BCUT2D eigenvalue weighted by molar-refractivity contribution is -0.359. The predicted octanol–water partition coefficient (Wildman–Crippen LogP) is 18.8. The van der Waals surface area contributed by atoms with Crippen molar-refractivity contribution in [3.05, 3.63) is 36.5 Å². The molecule has 0 aromatic heterocycles. The van der Waals surface area contributed by atoms with Crippen molar-refractivity contribution >= 4 is 5.91 Å². The molecule has 96 heavy (non-hydrogen) atoms. The molecule has 2 heterocycles. The van der Waals surface area contributed by atoms with Gasteiger partial charge in [-0.25, -0.2) is 0 Å². The highest BCUT2D eigenvalue weighted by Gasteiger charge is 2.51. The fraction of sp³-hybridized carbons (Fsp3) is 0.915. The average molecular weight is 1360 g/mol. The maximum absolute atomic E-state index is 13.4. The molecule has 0 aliphatic carbocycles. The molecule has 0 aromatic carbocycles. The summed E-state index contributed by atoms with van der Waals surface area (Å²) in [5.74, 6) is -0.245. The maximum Gasteiger partial charge on any atom is 0.220 e. The van der Waals surface area contributed by atoms with Gasteiger partial charge < -0.3 is 65.1 Å². The summed E-state index contributed by atoms with van der Waals surface area (Å²) in [6, 6.07) is -0.938. The van der Waals surface area contributed by atoms with Gasteiger partial charge in [-0.15, -0.1) is 0 Å². The molecule has 9 N–H and O–H groups in total. The molecule has 0 saturated carbocycles. The molecule has 12 atom stereocenters. The molecular weight excluding hydrogens is 1210 g/mol. The third-order valence-corrected chi connectivity index (χ3v) is 20.3. The molecule has 0 aromatic rings. The molecule has 0 spiro atoms. The lowest BCUT2D eigenvalue weighted by Crippen LogP contribution is -2.65. The number of aliphatic hydroxyl groups excluding tert-OH is 8. The van der Waals surface area contributed by atoms with Gasteiger partial charge in [-0.3, -0.25) is 4.79 Å². The molecule has 2 aliphatic rings. The minimum absolute atomic E-state index is 0.245. The Morgan fingerprint density at radius 2 is 0.667 bits per heavy atom. The molecule has 0 bridgehead atoms. The quantitative estimate of drug-likeness (QED) is 0.0204. The van der Waals surface area contributed by atoms with Crippen LogP contribution in [0.2, 0.25) is 0 Å². The van der Waals surface area contributed by atoms with Crippen molar-refractivity contribution in [3.63, 3.8) is 0 Å². The van der Waals surface area contributed by atoms with E-state index < -0.39 is 86.8 Å². The van der Waals surface area contributed by atoms with Gasteiger partial charge in [0.25, 0.3) is 0 Å². The van der Waals surface area contributed by atoms with E-state index in [0.29, 0.717) is 12.8 Å². The highest BCUT2D eigenvalue weighted by molar-refractivity contribution is 5.76. The van der Waals surface area contributed by atoms with Gasteiger partial charge in [0.05, 0.1) is 32.0 Å². The highest BCUT2D eigenvalue weighted by Crippen LogP contribution is 2.30. The first-order valence-electron chi connectivity index (χ1n) is 41.2. The zero-order valence-electron chi connectivity index (χ0n) is 62.1. The van der Waals surface area contributed by atoms with Crippen molar-refractivity contribution in [2.45, 2.75) is 460 Å². The smallest absolute Gasteiger partial charge is 0.220 e. The molecular formula is C82H155NO13. The van der Waals surface area contributed by atoms with Crippen molar-refractivity contribution in [2.75, 3.05) is 19.8 Å². The van der Waals surface area contributed by atoms with E-state index in [1.807, 2.05) is 6.08 Å². The monoisotopic (exact) mass is 1360 g/mol. The van der Waals surface area contributed by atoms with Crippen LogP contribution in [0.3, 0.4) is 0 Å². The van der Waals surface area contributed by atoms with Gasteiger partial charge in [0, 0.05) is 6.42 Å². The van der Waals surface area contributed by atoms with Crippen LogP contribution in [0.1, 0.15) is 386 Å². The first kappa shape index (κ1) is 90.3. The Kier molecular flexibility index (Phi) is 62.5. The van der Waals surface area contributed by atoms with Crippen molar-refractivity contribution in [2.24, 2.45) is 0 Å². The van der Waals surface area contributed by atoms with Crippen LogP contribution in [-0.4, -0.2) is 140 Å². The first-order valence-corrected chi connectivity index (χ1v) is 41.2. The third-order valence-electron chi connectivity index (χ3n) is 20.3. The molecule has 2 aliphatic heterocycles. The lowest BCUT2D eigenvalue weighted by Gasteiger charge is -2.46. The van der Waals surface area contributed by atoms with E-state index in [2.05, 4.69) is 43.5 Å². The van der Waals surface area contributed by atoms with E-state index in [9.17, 15) is 45.6 Å². The Morgan fingerprint density at radius 1 is 0.365 bits per heavy atom. The predicted molar refractivity (Wildman–Crippen MR) is 397 cm³/mol. The minimum atomic E-state index is -1.79. The van der Waals surface area contributed by atoms with Gasteiger partial charge >= 0.3 is 0 Å². The lowest BCUT2D eigenvalue weighted by atomic mass is 9.97. The van der Waals surface area contributed by atoms with E-state index in [1.165, 1.54) is 308 Å². The van der Waals surface area contributed by atoms with Crippen molar-refractivity contribution in [1.29, 1.82) is 0 Å². The number of hydrogen-bond acceptors (Lipinski definition) is 13. The van der Waals surface area contributed by atoms with E-state index in [1.54, 1.807) is 6.08 Å². The van der Waals surface area contributed by atoms with Gasteiger partial charge in [0.15, 0.2) is 12.6 Å². The second-order valence-electron chi connectivity index (χ2n) is 29.2. The molecule has 0 radical (unpaired) electrons. The third kappa shape index (κ3) is 48.9. The number of hydrogen-bond donors (Lipinski definition) is 9. The second kappa shape index (κ2) is 66.4. The number of unbranched alkanes of at least 4 members (excludes halogenated alkanes) is 53. The summed E-state index contributed by atoms with van der Waals surface area (Å²) < 4.78 is 22.9. The molecule has 14 nitrogen and oxygen atoms in total. The summed E-state index contributed by atoms with van der Waals surface area (Å²) in [6.07, 6.45) is 71.2. The van der Waals surface area contributed by atoms with Crippen LogP contribution in [0.4, 0.5) is 0 Å². The van der Waals surface area contributed by atoms with Crippen molar-refractivity contribution < 1.29 is 64.6 Å². The Hall–Kier alpha value is -1.79. The van der Waals surface area contributed by atoms with Crippen molar-refractivity contribution in [1.82, 2.24) is 5.32 Å². The normalized spacial score (nSPS) is 22.4. The van der Waals surface area contributed by atoms with Crippen LogP contribution in [0.15, 0.2) is 36.5 Å². The minimum Gasteiger partial charge on any atom is -0.394 e. The first-order chi connectivity index (χ1) is 47.1. The zero-order chi connectivity index (χ0) is 69.4. The second-order valence-corrected chi connectivity index (χ2v) is 29.2. The molecule has 566 valence electrons. The van der Waals surface area contributed by atoms with Crippen LogP contribution >= 0.6 is 0 Å². The molecule has 14 heteroatoms. The van der Waals surface area contributed by atoms with Crippen LogP contribution < -0.4 is 5.32 Å². The van der Waals surface area contributed by atoms with Gasteiger partial charge in [-0.05, 0) is 44.9 Å². The number of aliphatic hydroxyl groups is 8. The topological polar surface area (TPSA) is 228 Å². The van der Waals surface area contributed by atoms with Gasteiger partial charge in [0.2, 0.25) is 5.91 Å². The summed E-state index contributed by atoms with van der Waals surface area (Å²) in [5, 5.41) is 87.6. The molecule has 12 unspecified atom stereocenters. The number of nitrogens with one attached hydrogen (secondary N) is 1. The summed E-state index contributed by atoms with van der Waals surface area (Å²) >= 11 is 0. The number of allylic oxidation sites excluding steroid dienone is 5. The zero-order valence-corrected chi connectivity index (χ0v) is 62.1. The van der Waals surface area contributed by atoms with E-state index in [0.717, 1.165) is 44.9 Å². The van der Waals surface area contributed by atoms with Crippen LogP contribution in [0.5, 0.6) is 0 Å². The van der Waals surface area contributed by atoms with Crippen LogP contribution in [0, 0.1) is 0 Å². The summed E-state index contributed by atoms with van der Waals surface area (Å²) in [7, 11) is 0. The largest absolute Gasteiger partial charge is 0.394 e. The fourth-order valence-electron chi connectivity index (χ4n) is 13.8. The summed E-state index contributed by atoms with van der Waals surface area (Å²) in [4.78, 5) is 13.4. The Bertz CT molecular complexity index is 1750. The van der Waals surface area contributed by atoms with Crippen LogP contribution in [0.25, 0.3) is 0 Å². The van der Waals surface area contributed by atoms with E-state index >= 15 is 0 Å². The average Bonchev–Trinajstić information content (AvgIpc) is 0.800. The van der Waals surface area contributed by atoms with Gasteiger partial charge in [-0.2, -0.15) is 0 Å². The highest BCUT2D eigenvalue weighted by atomic mass is 16.7. The maximum atomic E-state index is 13.4. The fourth-order valence-corrected chi connectivity index (χ4v) is 13.8. The summed E-state index contributed by atoms with van der Waals surface area (Å²) in [5.41, 5.74) is 0. The number of ether oxygens (including phenoxy) is 4. The van der Waals surface area contributed by atoms with Crippen molar-refractivity contribution in [3.8, 4) is 0 Å². The standard InChI is InChI=1S/C82H155NO13/c1-3-5-7-9-11-13-15-17-19-21-23-25-27-28-29-30-31-32-33-34-35-36-37-38-39-40-41-42-44-46-48-50-52-54-56-58-60-62-64-66-74(87)83-70(69-93-81-79(92)77(90)80(73(68-85)95-81)96-82-78(91)76(89)75(88)72(67-84)94-82)71(86)65-63-61-59-57-55-53-51-49-47-45-43-26-24-22-20-18-16-14-12-10-8-6-4-2/h47,49,55,57,63,65,70-73,75-82,84-86,88-92H,3-46,48,50-54,56,58-62,64,66-69H2,1-2H3,(H,83,87)/b49-47+,57-55+,65-63+. The Balaban J connectivity index is 1.58. The number of carbonyl (C=O) groups excluding carboxylic acids is 1. The van der Waals surface area contributed by atoms with Gasteiger partial charge in [-0.1, -0.05) is 371 Å². The van der Waals surface area contributed by atoms with E-state index in [-0.39, 0.29) is 18.9 Å². The molecule has 1 amide bonds. The molecule has 2 fully saturated rings. The number of carbonyl (C=O) groups is 1. The van der Waals surface area contributed by atoms with Crippen LogP contribution in [-0.2, 0) is 23.7 Å². The van der Waals surface area contributed by atoms with Gasteiger partial charge in [0.1, 0.15) is 48.8 Å². The SMILES string of the molecule is CCCCCCCCCCCCCCC/C=C/CC/C=C/CC/C=C/C(O)C(COC1OC(CO)C(OC2OC(CO)C(O)C(O)C2O)C(O)C1O)NC(=O)CCCCCCCCCCCCCCCCCCCCCCCCCCCCCCCCCCCCCCCCC. The Labute approximate surface area is 589 Å².